The maximum absolute atomic E-state index is 12.0. The molecule has 1 aromatic rings. The molecule has 0 bridgehead atoms. The Morgan fingerprint density at radius 3 is 2.42 bits per heavy atom. The minimum Gasteiger partial charge on any atom is -0.463 e. The van der Waals surface area contributed by atoms with Crippen LogP contribution in [0.5, 0.6) is 0 Å². The second-order valence-corrected chi connectivity index (χ2v) is 6.22. The number of hydrogen-bond acceptors (Lipinski definition) is 5. The van der Waals surface area contributed by atoms with Crippen LogP contribution in [0.3, 0.4) is 0 Å². The third kappa shape index (κ3) is 6.02. The molecule has 1 N–H and O–H groups in total. The van der Waals surface area contributed by atoms with Crippen LogP contribution in [0, 0.1) is 0 Å². The minimum absolute atomic E-state index is 0.177. The van der Waals surface area contributed by atoms with Gasteiger partial charge in [0, 0.05) is 12.2 Å². The molecular weight excluding hydrogens is 334 g/mol. The quantitative estimate of drug-likeness (QED) is 0.597. The van der Waals surface area contributed by atoms with Crippen molar-refractivity contribution in [2.45, 2.75) is 45.6 Å². The summed E-state index contributed by atoms with van der Waals surface area (Å²) < 4.78 is 9.46. The molecule has 0 spiro atoms. The highest BCUT2D eigenvalue weighted by molar-refractivity contribution is 5.92. The summed E-state index contributed by atoms with van der Waals surface area (Å²) in [6.07, 6.45) is 6.54. The average molecular weight is 359 g/mol. The van der Waals surface area contributed by atoms with Crippen LogP contribution in [0.15, 0.2) is 30.4 Å². The lowest BCUT2D eigenvalue weighted by Crippen LogP contribution is -2.31. The Morgan fingerprint density at radius 2 is 1.73 bits per heavy atom. The monoisotopic (exact) mass is 359 g/mol. The highest BCUT2D eigenvalue weighted by Crippen LogP contribution is 2.24. The number of rotatable bonds is 7. The number of carbonyl (C=O) groups is 3. The first-order chi connectivity index (χ1) is 12.5. The first-order valence-corrected chi connectivity index (χ1v) is 8.92. The molecule has 6 heteroatoms. The lowest BCUT2D eigenvalue weighted by molar-refractivity contribution is -0.144. The van der Waals surface area contributed by atoms with Gasteiger partial charge in [0.2, 0.25) is 0 Å². The van der Waals surface area contributed by atoms with Crippen LogP contribution in [-0.2, 0) is 36.7 Å². The highest BCUT2D eigenvalue weighted by atomic mass is 16.5. The van der Waals surface area contributed by atoms with Crippen molar-refractivity contribution in [1.82, 2.24) is 5.32 Å². The number of benzene rings is 1. The van der Waals surface area contributed by atoms with Crippen LogP contribution in [-0.4, -0.2) is 31.1 Å². The SMILES string of the molecule is CCOC(=O)/C=C/C(=O)OCC(=O)N[C@H](C)c1ccc2c(c1)CCCC2. The predicted molar refractivity (Wildman–Crippen MR) is 96.4 cm³/mol. The molecule has 1 amide bonds. The van der Waals surface area contributed by atoms with Gasteiger partial charge in [0.15, 0.2) is 6.61 Å². The van der Waals surface area contributed by atoms with E-state index in [4.69, 9.17) is 4.74 Å². The smallest absolute Gasteiger partial charge is 0.331 e. The number of hydrogen-bond donors (Lipinski definition) is 1. The van der Waals surface area contributed by atoms with E-state index in [0.29, 0.717) is 0 Å². The molecule has 1 atom stereocenters. The van der Waals surface area contributed by atoms with E-state index in [9.17, 15) is 14.4 Å². The molecular formula is C20H25NO5. The lowest BCUT2D eigenvalue weighted by atomic mass is 9.89. The first kappa shape index (κ1) is 19.7. The molecule has 6 nitrogen and oxygen atoms in total. The first-order valence-electron chi connectivity index (χ1n) is 8.92. The van der Waals surface area contributed by atoms with E-state index < -0.39 is 24.5 Å². The molecule has 1 aliphatic carbocycles. The fourth-order valence-electron chi connectivity index (χ4n) is 2.90. The number of esters is 2. The van der Waals surface area contributed by atoms with Gasteiger partial charge in [-0.25, -0.2) is 9.59 Å². The average Bonchev–Trinajstić information content (AvgIpc) is 2.64. The summed E-state index contributed by atoms with van der Waals surface area (Å²) in [6.45, 7) is 3.38. The van der Waals surface area contributed by atoms with Crippen molar-refractivity contribution in [2.24, 2.45) is 0 Å². The van der Waals surface area contributed by atoms with Crippen molar-refractivity contribution in [2.75, 3.05) is 13.2 Å². The molecule has 2 rings (SSSR count). The maximum Gasteiger partial charge on any atom is 0.331 e. The Balaban J connectivity index is 1.80. The van der Waals surface area contributed by atoms with E-state index in [0.717, 1.165) is 30.6 Å². The Bertz CT molecular complexity index is 695. The van der Waals surface area contributed by atoms with Gasteiger partial charge >= 0.3 is 11.9 Å². The molecule has 26 heavy (non-hydrogen) atoms. The Labute approximate surface area is 153 Å². The molecule has 0 aliphatic heterocycles. The molecule has 0 heterocycles. The third-order valence-electron chi connectivity index (χ3n) is 4.24. The fourth-order valence-corrected chi connectivity index (χ4v) is 2.90. The molecule has 0 fully saturated rings. The van der Waals surface area contributed by atoms with Gasteiger partial charge in [-0.15, -0.1) is 0 Å². The van der Waals surface area contributed by atoms with Crippen LogP contribution in [0.2, 0.25) is 0 Å². The summed E-state index contributed by atoms with van der Waals surface area (Å²) in [5.41, 5.74) is 3.78. The van der Waals surface area contributed by atoms with Crippen molar-refractivity contribution in [3.05, 3.63) is 47.0 Å². The van der Waals surface area contributed by atoms with E-state index in [2.05, 4.69) is 22.2 Å². The standard InChI is InChI=1S/C20H25NO5/c1-3-25-19(23)10-11-20(24)26-13-18(22)21-14(2)16-9-8-15-6-4-5-7-17(15)12-16/h8-12,14H,3-7,13H2,1-2H3,(H,21,22)/b11-10+/t14-/m1/s1. The summed E-state index contributed by atoms with van der Waals surface area (Å²) in [6, 6.07) is 6.13. The van der Waals surface area contributed by atoms with Gasteiger partial charge in [0.25, 0.3) is 5.91 Å². The van der Waals surface area contributed by atoms with Gasteiger partial charge in [-0.2, -0.15) is 0 Å². The number of fused-ring (bicyclic) bond motifs is 1. The zero-order valence-corrected chi connectivity index (χ0v) is 15.2. The van der Waals surface area contributed by atoms with Gasteiger partial charge < -0.3 is 14.8 Å². The zero-order chi connectivity index (χ0) is 18.9. The van der Waals surface area contributed by atoms with Crippen LogP contribution >= 0.6 is 0 Å². The van der Waals surface area contributed by atoms with Gasteiger partial charge in [-0.3, -0.25) is 4.79 Å². The lowest BCUT2D eigenvalue weighted by Gasteiger charge is -2.20. The van der Waals surface area contributed by atoms with Crippen LogP contribution < -0.4 is 5.32 Å². The summed E-state index contributed by atoms with van der Waals surface area (Å²) in [5, 5.41) is 2.81. The molecule has 1 aromatic carbocycles. The molecule has 0 saturated heterocycles. The molecule has 0 unspecified atom stereocenters. The summed E-state index contributed by atoms with van der Waals surface area (Å²) in [5.74, 6) is -1.79. The highest BCUT2D eigenvalue weighted by Gasteiger charge is 2.14. The van der Waals surface area contributed by atoms with Crippen LogP contribution in [0.4, 0.5) is 0 Å². The van der Waals surface area contributed by atoms with Gasteiger partial charge in [0.1, 0.15) is 0 Å². The largest absolute Gasteiger partial charge is 0.463 e. The summed E-state index contributed by atoms with van der Waals surface area (Å²) in [7, 11) is 0. The molecule has 0 aromatic heterocycles. The summed E-state index contributed by atoms with van der Waals surface area (Å²) >= 11 is 0. The van der Waals surface area contributed by atoms with E-state index in [-0.39, 0.29) is 12.6 Å². The predicted octanol–water partition coefficient (Wildman–Crippen LogP) is 2.41. The zero-order valence-electron chi connectivity index (χ0n) is 15.2. The Hall–Kier alpha value is -2.63. The van der Waals surface area contributed by atoms with E-state index in [1.54, 1.807) is 6.92 Å². The van der Waals surface area contributed by atoms with Crippen LogP contribution in [0.1, 0.15) is 49.4 Å². The van der Waals surface area contributed by atoms with Crippen molar-refractivity contribution in [3.63, 3.8) is 0 Å². The van der Waals surface area contributed by atoms with Crippen molar-refractivity contribution >= 4 is 17.8 Å². The fraction of sp³-hybridized carbons (Fsp3) is 0.450. The number of nitrogens with one attached hydrogen (secondary N) is 1. The molecule has 0 radical (unpaired) electrons. The molecule has 0 saturated carbocycles. The topological polar surface area (TPSA) is 81.7 Å². The second-order valence-electron chi connectivity index (χ2n) is 6.22. The van der Waals surface area contributed by atoms with Crippen LogP contribution in [0.25, 0.3) is 0 Å². The molecule has 1 aliphatic rings. The van der Waals surface area contributed by atoms with E-state index in [1.165, 1.54) is 24.0 Å². The number of aryl methyl sites for hydroxylation is 2. The second kappa shape index (κ2) is 9.75. The molecule has 140 valence electrons. The maximum atomic E-state index is 12.0. The van der Waals surface area contributed by atoms with Gasteiger partial charge in [0.05, 0.1) is 12.6 Å². The number of amides is 1. The number of carbonyl (C=O) groups excluding carboxylic acids is 3. The van der Waals surface area contributed by atoms with Gasteiger partial charge in [-0.1, -0.05) is 18.2 Å². The Morgan fingerprint density at radius 1 is 1.08 bits per heavy atom. The van der Waals surface area contributed by atoms with Crippen molar-refractivity contribution < 1.29 is 23.9 Å². The van der Waals surface area contributed by atoms with Gasteiger partial charge in [-0.05, 0) is 56.2 Å². The number of ether oxygens (including phenoxy) is 2. The summed E-state index contributed by atoms with van der Waals surface area (Å²) in [4.78, 5) is 34.5. The van der Waals surface area contributed by atoms with E-state index >= 15 is 0 Å². The third-order valence-corrected chi connectivity index (χ3v) is 4.24. The van der Waals surface area contributed by atoms with E-state index in [1.807, 2.05) is 13.0 Å². The minimum atomic E-state index is -0.769. The Kier molecular flexibility index (Phi) is 7.38. The normalized spacial score (nSPS) is 14.4. The van der Waals surface area contributed by atoms with Crippen molar-refractivity contribution in [1.29, 1.82) is 0 Å². The van der Waals surface area contributed by atoms with Crippen molar-refractivity contribution in [3.8, 4) is 0 Å².